The van der Waals surface area contributed by atoms with Crippen LogP contribution in [0.25, 0.3) is 27.7 Å². The van der Waals surface area contributed by atoms with Gasteiger partial charge in [-0.25, -0.2) is 10.2 Å². The van der Waals surface area contributed by atoms with Crippen molar-refractivity contribution >= 4 is 51.9 Å². The number of hydrogen-bond donors (Lipinski definition) is 2. The van der Waals surface area contributed by atoms with Gasteiger partial charge in [-0.1, -0.05) is 46.4 Å². The van der Waals surface area contributed by atoms with Crippen LogP contribution in [0.4, 0.5) is 10.5 Å². The Balaban J connectivity index is 0.948. The maximum absolute atomic E-state index is 15.0. The van der Waals surface area contributed by atoms with Gasteiger partial charge >= 0.3 is 12.0 Å². The van der Waals surface area contributed by atoms with Crippen LogP contribution in [0.1, 0.15) is 116 Å². The third-order valence-corrected chi connectivity index (χ3v) is 18.7. The summed E-state index contributed by atoms with van der Waals surface area (Å²) in [6.07, 6.45) is 10.4. The lowest BCUT2D eigenvalue weighted by Crippen LogP contribution is -2.64. The molecule has 1 aromatic carbocycles. The van der Waals surface area contributed by atoms with Crippen molar-refractivity contribution in [1.82, 2.24) is 54.7 Å². The van der Waals surface area contributed by atoms with Crippen LogP contribution >= 0.6 is 0 Å². The first-order valence-electron chi connectivity index (χ1n) is 30.0. The molecule has 1 aliphatic carbocycles. The number of fused-ring (bicyclic) bond motifs is 6. The largest absolute Gasteiger partial charge is 0.464 e. The van der Waals surface area contributed by atoms with Gasteiger partial charge in [0.05, 0.1) is 42.7 Å². The highest BCUT2D eigenvalue weighted by Crippen LogP contribution is 2.43. The van der Waals surface area contributed by atoms with E-state index in [-0.39, 0.29) is 48.6 Å². The molecule has 4 saturated heterocycles. The van der Waals surface area contributed by atoms with E-state index < -0.39 is 35.4 Å². The summed E-state index contributed by atoms with van der Waals surface area (Å²) >= 11 is 0. The molecule has 6 aliphatic heterocycles. The highest BCUT2D eigenvalue weighted by atomic mass is 16.5. The SMILES string of the molecule is C=C(C)C(=O)N1CN(C)C2(CCN(C(=O)N(C)[C@H](C(=O)N[C@H]3CN4CCC=C(C4)c4ccc5c(c4)c(c(-c4cc(N6CCN(C7CC7)CC6)cnc4[C@H](C)OC)n5CC)CC(C)(C)COC(=O)[C@@H]4CCCN(N4)C3=O)C(C)C)CC2)C1. The average Bonchev–Trinajstić information content (AvgIpc) is 4.27. The molecule has 19 nitrogen and oxygen atoms in total. The van der Waals surface area contributed by atoms with E-state index in [1.165, 1.54) is 28.3 Å². The molecule has 10 rings (SSSR count). The first-order valence-corrected chi connectivity index (χ1v) is 30.0. The standard InChI is InChI=1S/C62H90N12O7/c1-12-73-52-20-17-43-31-47(52)49(55(73)48-32-46(34-63-53(48)42(6)80-11)70-29-27-69(28-30-70)45-18-19-45)33-61(7,8)38-81-59(78)50-16-14-24-74(65-50)58(77)51(36-68-23-13-15-44(43)35-68)64-56(75)54(40(2)3)67(10)60(79)71-25-21-62(22-26-71)37-72(39-66(62)9)57(76)41(4)5/h15,17,20,31-32,34,40,42,45,50-51,54,65H,4,12-14,16,18-19,21-30,33,35-39H2,1-3,5-11H3,(H,64,75)/t42-,50-,51-,54-/m0/s1. The van der Waals surface area contributed by atoms with Crippen molar-refractivity contribution in [2.45, 2.75) is 142 Å². The number of ether oxygens (including phenoxy) is 2. The molecule has 5 amide bonds. The van der Waals surface area contributed by atoms with Crippen molar-refractivity contribution in [3.8, 4) is 11.3 Å². The quantitative estimate of drug-likeness (QED) is 0.166. The average molecular weight is 1120 g/mol. The number of urea groups is 1. The molecule has 1 spiro atoms. The van der Waals surface area contributed by atoms with Gasteiger partial charge in [0, 0.05) is 132 Å². The minimum Gasteiger partial charge on any atom is -0.464 e. The lowest BCUT2D eigenvalue weighted by atomic mass is 9.84. The number of aromatic nitrogens is 2. The number of nitrogens with one attached hydrogen (secondary N) is 2. The van der Waals surface area contributed by atoms with Crippen LogP contribution in [-0.2, 0) is 41.6 Å². The number of amides is 5. The third-order valence-electron chi connectivity index (χ3n) is 18.7. The van der Waals surface area contributed by atoms with E-state index in [1.807, 2.05) is 32.0 Å². The number of hydrogen-bond acceptors (Lipinski definition) is 13. The molecule has 440 valence electrons. The van der Waals surface area contributed by atoms with E-state index in [0.717, 1.165) is 83.3 Å². The molecular weight excluding hydrogens is 1020 g/mol. The summed E-state index contributed by atoms with van der Waals surface area (Å²) in [5, 5.41) is 5.80. The van der Waals surface area contributed by atoms with Gasteiger partial charge in [-0.05, 0) is 120 Å². The van der Waals surface area contributed by atoms with Crippen molar-refractivity contribution in [1.29, 1.82) is 0 Å². The Kier molecular flexibility index (Phi) is 17.1. The van der Waals surface area contributed by atoms with Crippen LogP contribution in [0.15, 0.2) is 48.7 Å². The normalized spacial score (nSPS) is 24.7. The summed E-state index contributed by atoms with van der Waals surface area (Å²) in [6, 6.07) is 6.92. The van der Waals surface area contributed by atoms with Crippen LogP contribution < -0.4 is 15.6 Å². The first-order chi connectivity index (χ1) is 38.7. The lowest BCUT2D eigenvalue weighted by molar-refractivity contribution is -0.155. The minimum atomic E-state index is -1.01. The second-order valence-corrected chi connectivity index (χ2v) is 25.6. The van der Waals surface area contributed by atoms with Crippen molar-refractivity contribution in [3.05, 3.63) is 65.5 Å². The Hall–Kier alpha value is -5.86. The number of nitrogens with zero attached hydrogens (tertiary/aromatic N) is 10. The molecule has 2 N–H and O–H groups in total. The number of pyridine rings is 1. The Labute approximate surface area is 479 Å². The molecule has 7 aliphatic rings. The zero-order valence-corrected chi connectivity index (χ0v) is 50.0. The van der Waals surface area contributed by atoms with E-state index in [4.69, 9.17) is 14.5 Å². The van der Waals surface area contributed by atoms with E-state index in [1.54, 1.807) is 26.0 Å². The number of likely N-dealkylation sites (tertiary alicyclic amines) is 1. The van der Waals surface area contributed by atoms with Crippen LogP contribution in [0.2, 0.25) is 0 Å². The van der Waals surface area contributed by atoms with Gasteiger partial charge in [-0.2, -0.15) is 0 Å². The van der Waals surface area contributed by atoms with E-state index in [9.17, 15) is 19.2 Å². The number of hydrazine groups is 1. The number of cyclic esters (lactones) is 1. The van der Waals surface area contributed by atoms with Crippen molar-refractivity contribution in [3.63, 3.8) is 0 Å². The van der Waals surface area contributed by atoms with Crippen LogP contribution in [0, 0.1) is 11.3 Å². The second kappa shape index (κ2) is 23.8. The molecule has 2 aromatic heterocycles. The number of piperidine rings is 1. The van der Waals surface area contributed by atoms with Gasteiger partial charge in [0.25, 0.3) is 5.91 Å². The summed E-state index contributed by atoms with van der Waals surface area (Å²) in [5.41, 5.74) is 11.6. The van der Waals surface area contributed by atoms with Crippen molar-refractivity contribution < 1.29 is 33.4 Å². The topological polar surface area (TPSA) is 172 Å². The minimum absolute atomic E-state index is 0.0573. The number of likely N-dealkylation sites (N-methyl/N-ethyl adjacent to an activating group) is 2. The van der Waals surface area contributed by atoms with Crippen LogP contribution in [-0.4, -0.2) is 210 Å². The van der Waals surface area contributed by atoms with Gasteiger partial charge in [0.1, 0.15) is 18.1 Å². The summed E-state index contributed by atoms with van der Waals surface area (Å²) in [5.74, 6) is -1.55. The van der Waals surface area contributed by atoms with Gasteiger partial charge in [-0.15, -0.1) is 0 Å². The fourth-order valence-electron chi connectivity index (χ4n) is 13.8. The number of esters is 1. The highest BCUT2D eigenvalue weighted by molar-refractivity contribution is 5.96. The molecule has 3 aromatic rings. The molecule has 0 radical (unpaired) electrons. The first kappa shape index (κ1) is 58.3. The molecule has 5 fully saturated rings. The zero-order chi connectivity index (χ0) is 57.7. The van der Waals surface area contributed by atoms with Crippen LogP contribution in [0.5, 0.6) is 0 Å². The monoisotopic (exact) mass is 1110 g/mol. The van der Waals surface area contributed by atoms with Gasteiger partial charge in [0.15, 0.2) is 0 Å². The van der Waals surface area contributed by atoms with Gasteiger partial charge in [-0.3, -0.25) is 43.9 Å². The fourth-order valence-corrected chi connectivity index (χ4v) is 13.8. The maximum atomic E-state index is 15.0. The molecule has 19 heteroatoms. The number of rotatable bonds is 11. The molecule has 81 heavy (non-hydrogen) atoms. The predicted molar refractivity (Wildman–Crippen MR) is 315 cm³/mol. The molecule has 5 atom stereocenters. The van der Waals surface area contributed by atoms with E-state index in [0.29, 0.717) is 90.2 Å². The van der Waals surface area contributed by atoms with Crippen LogP contribution in [0.3, 0.4) is 0 Å². The molecule has 1 unspecified atom stereocenters. The highest BCUT2D eigenvalue weighted by Gasteiger charge is 2.48. The molecule has 8 heterocycles. The number of carbonyl (C=O) groups is 5. The molecular formula is C62H90N12O7. The van der Waals surface area contributed by atoms with E-state index in [2.05, 4.69) is 99.5 Å². The summed E-state index contributed by atoms with van der Waals surface area (Å²) < 4.78 is 14.8. The maximum Gasteiger partial charge on any atom is 0.324 e. The van der Waals surface area contributed by atoms with Gasteiger partial charge in [0.2, 0.25) is 11.8 Å². The Morgan fingerprint density at radius 2 is 1.73 bits per heavy atom. The lowest BCUT2D eigenvalue weighted by Gasteiger charge is -2.44. The fraction of sp³-hybridized carbons (Fsp3) is 0.645. The molecule has 1 saturated carbocycles. The summed E-state index contributed by atoms with van der Waals surface area (Å²) in [7, 11) is 5.44. The van der Waals surface area contributed by atoms with Crippen molar-refractivity contribution in [2.24, 2.45) is 11.3 Å². The number of anilines is 1. The van der Waals surface area contributed by atoms with E-state index >= 15 is 4.79 Å². The third kappa shape index (κ3) is 12.0. The zero-order valence-electron chi connectivity index (χ0n) is 50.0. The number of piperazine rings is 1. The molecule has 6 bridgehead atoms. The Bertz CT molecular complexity index is 2910. The number of aryl methyl sites for hydroxylation is 1. The number of methoxy groups -OCH3 is 1. The smallest absolute Gasteiger partial charge is 0.324 e. The summed E-state index contributed by atoms with van der Waals surface area (Å²) in [4.78, 5) is 91.5. The predicted octanol–water partition coefficient (Wildman–Crippen LogP) is 6.13. The number of carbonyl (C=O) groups excluding carboxylic acids is 5. The Morgan fingerprint density at radius 3 is 2.41 bits per heavy atom. The Morgan fingerprint density at radius 1 is 0.988 bits per heavy atom. The second-order valence-electron chi connectivity index (χ2n) is 25.6. The number of benzene rings is 1. The van der Waals surface area contributed by atoms with Crippen molar-refractivity contribution in [2.75, 3.05) is 111 Å². The summed E-state index contributed by atoms with van der Waals surface area (Å²) in [6.45, 7) is 26.6. The van der Waals surface area contributed by atoms with Gasteiger partial charge < -0.3 is 39.0 Å².